The number of thiophene rings is 1. The van der Waals surface area contributed by atoms with Gasteiger partial charge in [0.15, 0.2) is 0 Å². The Bertz CT molecular complexity index is 1130. The number of nitrogens with one attached hydrogen (secondary N) is 1. The van der Waals surface area contributed by atoms with Gasteiger partial charge in [0.1, 0.15) is 5.82 Å². The monoisotopic (exact) mass is 373 g/mol. The summed E-state index contributed by atoms with van der Waals surface area (Å²) in [5.41, 5.74) is 2.68. The number of fused-ring (bicyclic) bond motifs is 2. The largest absolute Gasteiger partial charge is 0.306 e. The predicted octanol–water partition coefficient (Wildman–Crippen LogP) is 4.21. The van der Waals surface area contributed by atoms with Crippen LogP contribution in [-0.4, -0.2) is 21.4 Å². The Morgan fingerprint density at radius 1 is 1.07 bits per heavy atom. The molecule has 0 amide bonds. The van der Waals surface area contributed by atoms with Crippen molar-refractivity contribution in [3.05, 3.63) is 87.2 Å². The lowest BCUT2D eigenvalue weighted by Crippen LogP contribution is -2.35. The molecule has 3 heterocycles. The quantitative estimate of drug-likeness (QED) is 0.585. The lowest BCUT2D eigenvalue weighted by atomic mass is 10.1. The normalized spacial score (nSPS) is 14.4. The third-order valence-electron chi connectivity index (χ3n) is 5.05. The summed E-state index contributed by atoms with van der Waals surface area (Å²) in [6, 6.07) is 20.6. The zero-order chi connectivity index (χ0) is 18.2. The molecule has 1 N–H and O–H groups in total. The fourth-order valence-corrected chi connectivity index (χ4v) is 4.79. The molecule has 0 spiro atoms. The van der Waals surface area contributed by atoms with Gasteiger partial charge in [0.05, 0.1) is 11.3 Å². The van der Waals surface area contributed by atoms with E-state index in [1.807, 2.05) is 41.7 Å². The molecular weight excluding hydrogens is 354 g/mol. The molecule has 27 heavy (non-hydrogen) atoms. The molecule has 0 atom stereocenters. The molecule has 4 aromatic rings. The maximum atomic E-state index is 12.7. The Morgan fingerprint density at radius 3 is 2.74 bits per heavy atom. The van der Waals surface area contributed by atoms with Crippen LogP contribution in [0.2, 0.25) is 0 Å². The second kappa shape index (κ2) is 6.76. The molecule has 1 aliphatic rings. The SMILES string of the molecule is O=c1[nH]c(-c2ccccc2)nc2c1CN(Cc1cc3ccccc3s1)CC2. The van der Waals surface area contributed by atoms with Crippen molar-refractivity contribution in [2.75, 3.05) is 6.54 Å². The van der Waals surface area contributed by atoms with Crippen LogP contribution in [0.4, 0.5) is 0 Å². The molecule has 4 nitrogen and oxygen atoms in total. The lowest BCUT2D eigenvalue weighted by Gasteiger charge is -2.27. The number of aromatic nitrogens is 2. The Balaban J connectivity index is 1.40. The first kappa shape index (κ1) is 16.4. The van der Waals surface area contributed by atoms with Gasteiger partial charge >= 0.3 is 0 Å². The summed E-state index contributed by atoms with van der Waals surface area (Å²) in [5, 5.41) is 1.29. The van der Waals surface area contributed by atoms with E-state index in [2.05, 4.69) is 40.2 Å². The minimum absolute atomic E-state index is 0.0140. The number of hydrogen-bond acceptors (Lipinski definition) is 4. The van der Waals surface area contributed by atoms with Crippen LogP contribution < -0.4 is 5.56 Å². The van der Waals surface area contributed by atoms with Gasteiger partial charge in [-0.1, -0.05) is 48.5 Å². The molecule has 2 aromatic carbocycles. The highest BCUT2D eigenvalue weighted by molar-refractivity contribution is 7.19. The van der Waals surface area contributed by atoms with Crippen LogP contribution in [0.25, 0.3) is 21.5 Å². The molecule has 0 aliphatic carbocycles. The van der Waals surface area contributed by atoms with Crippen LogP contribution >= 0.6 is 11.3 Å². The van der Waals surface area contributed by atoms with Gasteiger partial charge in [-0.25, -0.2) is 4.98 Å². The van der Waals surface area contributed by atoms with Gasteiger partial charge < -0.3 is 4.98 Å². The average molecular weight is 373 g/mol. The van der Waals surface area contributed by atoms with Gasteiger partial charge in [-0.05, 0) is 17.5 Å². The molecule has 5 heteroatoms. The molecule has 0 bridgehead atoms. The summed E-state index contributed by atoms with van der Waals surface area (Å²) >= 11 is 1.83. The Hall–Kier alpha value is -2.76. The predicted molar refractivity (Wildman–Crippen MR) is 110 cm³/mol. The molecule has 134 valence electrons. The second-order valence-electron chi connectivity index (χ2n) is 6.92. The summed E-state index contributed by atoms with van der Waals surface area (Å²) < 4.78 is 1.32. The summed E-state index contributed by atoms with van der Waals surface area (Å²) in [6.45, 7) is 2.45. The molecule has 0 radical (unpaired) electrons. The Morgan fingerprint density at radius 2 is 1.89 bits per heavy atom. The van der Waals surface area contributed by atoms with Gasteiger partial charge in [0, 0.05) is 41.2 Å². The van der Waals surface area contributed by atoms with E-state index < -0.39 is 0 Å². The standard InChI is InChI=1S/C22H19N3OS/c26-22-18-14-25(13-17-12-16-8-4-5-9-20(16)27-17)11-10-19(18)23-21(24-22)15-6-2-1-3-7-15/h1-9,12H,10-11,13-14H2,(H,23,24,26). The maximum absolute atomic E-state index is 12.7. The van der Waals surface area contributed by atoms with Crippen LogP contribution in [0, 0.1) is 0 Å². The molecule has 0 unspecified atom stereocenters. The fraction of sp³-hybridized carbons (Fsp3) is 0.182. The minimum Gasteiger partial charge on any atom is -0.306 e. The van der Waals surface area contributed by atoms with Crippen LogP contribution in [-0.2, 0) is 19.5 Å². The summed E-state index contributed by atoms with van der Waals surface area (Å²) in [7, 11) is 0. The number of aromatic amines is 1. The van der Waals surface area contributed by atoms with Crippen molar-refractivity contribution in [2.24, 2.45) is 0 Å². The minimum atomic E-state index is -0.0140. The maximum Gasteiger partial charge on any atom is 0.255 e. The Labute approximate surface area is 161 Å². The average Bonchev–Trinajstić information content (AvgIpc) is 3.11. The van der Waals surface area contributed by atoms with Crippen LogP contribution in [0.15, 0.2) is 65.5 Å². The zero-order valence-electron chi connectivity index (χ0n) is 14.8. The van der Waals surface area contributed by atoms with Gasteiger partial charge in [0.2, 0.25) is 0 Å². The summed E-state index contributed by atoms with van der Waals surface area (Å²) in [6.07, 6.45) is 0.810. The highest BCUT2D eigenvalue weighted by Gasteiger charge is 2.22. The molecule has 0 saturated carbocycles. The number of nitrogens with zero attached hydrogens (tertiary/aromatic N) is 2. The molecule has 5 rings (SSSR count). The smallest absolute Gasteiger partial charge is 0.255 e. The molecule has 1 aliphatic heterocycles. The van der Waals surface area contributed by atoms with Crippen LogP contribution in [0.1, 0.15) is 16.1 Å². The van der Waals surface area contributed by atoms with E-state index in [9.17, 15) is 4.79 Å². The molecule has 2 aromatic heterocycles. The Kier molecular flexibility index (Phi) is 4.11. The van der Waals surface area contributed by atoms with E-state index in [0.717, 1.165) is 36.3 Å². The van der Waals surface area contributed by atoms with E-state index in [0.29, 0.717) is 12.4 Å². The van der Waals surface area contributed by atoms with Crippen molar-refractivity contribution in [3.63, 3.8) is 0 Å². The van der Waals surface area contributed by atoms with Crippen LogP contribution in [0.5, 0.6) is 0 Å². The van der Waals surface area contributed by atoms with Crippen molar-refractivity contribution in [3.8, 4) is 11.4 Å². The van der Waals surface area contributed by atoms with Crippen molar-refractivity contribution in [1.29, 1.82) is 0 Å². The topological polar surface area (TPSA) is 49.0 Å². The fourth-order valence-electron chi connectivity index (χ4n) is 3.68. The summed E-state index contributed by atoms with van der Waals surface area (Å²) in [5.74, 6) is 0.664. The first-order valence-corrected chi connectivity index (χ1v) is 9.95. The highest BCUT2D eigenvalue weighted by Crippen LogP contribution is 2.27. The van der Waals surface area contributed by atoms with Crippen molar-refractivity contribution in [1.82, 2.24) is 14.9 Å². The van der Waals surface area contributed by atoms with Gasteiger partial charge in [-0.2, -0.15) is 0 Å². The van der Waals surface area contributed by atoms with Crippen molar-refractivity contribution >= 4 is 21.4 Å². The van der Waals surface area contributed by atoms with E-state index in [1.165, 1.54) is 15.0 Å². The third kappa shape index (κ3) is 3.20. The molecular formula is C22H19N3OS. The molecule has 0 saturated heterocycles. The highest BCUT2D eigenvalue weighted by atomic mass is 32.1. The number of rotatable bonds is 3. The first-order valence-electron chi connectivity index (χ1n) is 9.13. The lowest BCUT2D eigenvalue weighted by molar-refractivity contribution is 0.244. The molecule has 0 fully saturated rings. The van der Waals surface area contributed by atoms with Gasteiger partial charge in [0.25, 0.3) is 5.56 Å². The van der Waals surface area contributed by atoms with E-state index in [4.69, 9.17) is 4.98 Å². The first-order chi connectivity index (χ1) is 13.3. The third-order valence-corrected chi connectivity index (χ3v) is 6.15. The van der Waals surface area contributed by atoms with Crippen LogP contribution in [0.3, 0.4) is 0 Å². The van der Waals surface area contributed by atoms with Crippen molar-refractivity contribution < 1.29 is 0 Å². The second-order valence-corrected chi connectivity index (χ2v) is 8.09. The summed E-state index contributed by atoms with van der Waals surface area (Å²) in [4.78, 5) is 24.1. The number of H-pyrrole nitrogens is 1. The van der Waals surface area contributed by atoms with E-state index in [-0.39, 0.29) is 5.56 Å². The van der Waals surface area contributed by atoms with E-state index >= 15 is 0 Å². The van der Waals surface area contributed by atoms with E-state index in [1.54, 1.807) is 0 Å². The van der Waals surface area contributed by atoms with Gasteiger partial charge in [-0.3, -0.25) is 9.69 Å². The van der Waals surface area contributed by atoms with Gasteiger partial charge in [-0.15, -0.1) is 11.3 Å². The van der Waals surface area contributed by atoms with Crippen molar-refractivity contribution in [2.45, 2.75) is 19.5 Å². The zero-order valence-corrected chi connectivity index (χ0v) is 15.6. The number of benzene rings is 2. The number of hydrogen-bond donors (Lipinski definition) is 1.